The Balaban J connectivity index is 0.000000810. The molecule has 0 bridgehead atoms. The molecule has 0 saturated heterocycles. The van der Waals surface area contributed by atoms with Crippen LogP contribution in [-0.2, 0) is 7.05 Å². The molecular formula is C7H11KN2. The van der Waals surface area contributed by atoms with Crippen molar-refractivity contribution in [2.75, 3.05) is 0 Å². The Morgan fingerprint density at radius 3 is 2.80 bits per heavy atom. The first-order valence-electron chi connectivity index (χ1n) is 3.16. The van der Waals surface area contributed by atoms with E-state index in [4.69, 9.17) is 0 Å². The van der Waals surface area contributed by atoms with Gasteiger partial charge < -0.3 is 0 Å². The van der Waals surface area contributed by atoms with Gasteiger partial charge in [-0.3, -0.25) is 4.68 Å². The molecule has 0 spiro atoms. The van der Waals surface area contributed by atoms with Crippen molar-refractivity contribution in [1.29, 1.82) is 0 Å². The third kappa shape index (κ3) is 3.21. The van der Waals surface area contributed by atoms with Crippen LogP contribution in [0.1, 0.15) is 19.0 Å². The van der Waals surface area contributed by atoms with Crippen LogP contribution in [0.5, 0.6) is 0 Å². The van der Waals surface area contributed by atoms with E-state index in [0.29, 0.717) is 0 Å². The largest absolute Gasteiger partial charge is 1.00 e. The molecule has 10 heavy (non-hydrogen) atoms. The molecule has 1 aromatic heterocycles. The van der Waals surface area contributed by atoms with Gasteiger partial charge in [-0.1, -0.05) is 18.8 Å². The van der Waals surface area contributed by atoms with Crippen LogP contribution >= 0.6 is 0 Å². The maximum absolute atomic E-state index is 4.16. The molecule has 50 valence electrons. The van der Waals surface area contributed by atoms with Gasteiger partial charge in [-0.2, -0.15) is 6.07 Å². The Kier molecular flexibility index (Phi) is 5.76. The van der Waals surface area contributed by atoms with Gasteiger partial charge in [0.1, 0.15) is 0 Å². The van der Waals surface area contributed by atoms with Gasteiger partial charge in [-0.15, -0.1) is 6.42 Å². The predicted molar refractivity (Wildman–Crippen MR) is 36.9 cm³/mol. The van der Waals surface area contributed by atoms with Crippen LogP contribution in [0.25, 0.3) is 0 Å². The molecular weight excluding hydrogens is 151 g/mol. The number of aromatic nitrogens is 2. The molecule has 1 rings (SSSR count). The van der Waals surface area contributed by atoms with E-state index in [1.807, 2.05) is 24.0 Å². The normalized spacial score (nSPS) is 8.60. The Hall–Kier alpha value is 0.716. The van der Waals surface area contributed by atoms with Gasteiger partial charge in [0.25, 0.3) is 0 Å². The summed E-state index contributed by atoms with van der Waals surface area (Å²) in [6, 6.07) is 2.00. The topological polar surface area (TPSA) is 17.8 Å². The maximum atomic E-state index is 4.16. The first-order chi connectivity index (χ1) is 4.33. The van der Waals surface area contributed by atoms with E-state index < -0.39 is 0 Å². The average Bonchev–Trinajstić information content (AvgIpc) is 2.17. The van der Waals surface area contributed by atoms with Gasteiger partial charge in [0.05, 0.1) is 0 Å². The van der Waals surface area contributed by atoms with E-state index in [9.17, 15) is 0 Å². The van der Waals surface area contributed by atoms with E-state index in [0.717, 1.165) is 12.1 Å². The third-order valence-corrected chi connectivity index (χ3v) is 1.15. The van der Waals surface area contributed by atoms with Gasteiger partial charge in [0.15, 0.2) is 0 Å². The maximum Gasteiger partial charge on any atom is 1.00 e. The fraction of sp³-hybridized carbons (Fsp3) is 0.429. The molecule has 0 fully saturated rings. The molecule has 3 heteroatoms. The number of hydrogen-bond acceptors (Lipinski definition) is 1. The van der Waals surface area contributed by atoms with Crippen molar-refractivity contribution in [1.82, 2.24) is 9.78 Å². The molecule has 0 aromatic carbocycles. The molecule has 0 aliphatic heterocycles. The van der Waals surface area contributed by atoms with Gasteiger partial charge in [-0.05, 0) is 0 Å². The second-order valence-corrected chi connectivity index (χ2v) is 2.03. The third-order valence-electron chi connectivity index (χ3n) is 1.15. The molecule has 2 nitrogen and oxygen atoms in total. The van der Waals surface area contributed by atoms with E-state index in [1.165, 1.54) is 0 Å². The van der Waals surface area contributed by atoms with Crippen LogP contribution in [0.15, 0.2) is 12.3 Å². The summed E-state index contributed by atoms with van der Waals surface area (Å²) in [4.78, 5) is 0. The Bertz CT molecular complexity index is 183. The minimum Gasteiger partial charge on any atom is -0.296 e. The quantitative estimate of drug-likeness (QED) is 0.378. The van der Waals surface area contributed by atoms with Crippen molar-refractivity contribution in [2.24, 2.45) is 7.05 Å². The fourth-order valence-corrected chi connectivity index (χ4v) is 0.751. The van der Waals surface area contributed by atoms with Crippen molar-refractivity contribution < 1.29 is 51.4 Å². The van der Waals surface area contributed by atoms with Crippen molar-refractivity contribution >= 4 is 0 Å². The average molecular weight is 162 g/mol. The van der Waals surface area contributed by atoms with Crippen LogP contribution in [0.4, 0.5) is 0 Å². The summed E-state index contributed by atoms with van der Waals surface area (Å²) in [7, 11) is 1.92. The molecule has 0 aliphatic carbocycles. The minimum absolute atomic E-state index is 0. The van der Waals surface area contributed by atoms with E-state index >= 15 is 0 Å². The summed E-state index contributed by atoms with van der Waals surface area (Å²) in [5.41, 5.74) is 1.07. The smallest absolute Gasteiger partial charge is 0.296 e. The predicted octanol–water partition coefficient (Wildman–Crippen LogP) is -1.61. The van der Waals surface area contributed by atoms with Crippen molar-refractivity contribution in [3.05, 3.63) is 24.4 Å². The molecule has 0 radical (unpaired) electrons. The zero-order chi connectivity index (χ0) is 6.69. The molecule has 0 aliphatic rings. The summed E-state index contributed by atoms with van der Waals surface area (Å²) in [6.07, 6.45) is 5.10. The van der Waals surface area contributed by atoms with Gasteiger partial charge >= 0.3 is 51.4 Å². The van der Waals surface area contributed by atoms with E-state index in [-0.39, 0.29) is 51.4 Å². The SMILES string of the molecule is CC[CH-]c1ccn(C)n1.[K+]. The van der Waals surface area contributed by atoms with E-state index in [2.05, 4.69) is 18.4 Å². The van der Waals surface area contributed by atoms with Crippen molar-refractivity contribution in [3.8, 4) is 0 Å². The second kappa shape index (κ2) is 5.38. The Morgan fingerprint density at radius 1 is 1.70 bits per heavy atom. The fourth-order valence-electron chi connectivity index (χ4n) is 0.751. The van der Waals surface area contributed by atoms with Gasteiger partial charge in [0.2, 0.25) is 0 Å². The number of aryl methyl sites for hydroxylation is 1. The molecule has 0 atom stereocenters. The summed E-state index contributed by atoms with van der Waals surface area (Å²) in [5, 5.41) is 4.16. The molecule has 0 unspecified atom stereocenters. The monoisotopic (exact) mass is 162 g/mol. The van der Waals surface area contributed by atoms with E-state index in [1.54, 1.807) is 0 Å². The Labute approximate surface area is 104 Å². The zero-order valence-electron chi connectivity index (χ0n) is 6.83. The first kappa shape index (κ1) is 10.7. The number of rotatable bonds is 2. The molecule has 1 aromatic rings. The molecule has 1 heterocycles. The standard InChI is InChI=1S/C7H11N2.K/c1-3-4-7-5-6-9(2)8-7;/h4-6H,3H2,1-2H3;/q-1;+1. The van der Waals surface area contributed by atoms with Crippen LogP contribution in [0, 0.1) is 6.42 Å². The number of nitrogens with zero attached hydrogens (tertiary/aromatic N) is 2. The number of hydrogen-bond donors (Lipinski definition) is 0. The van der Waals surface area contributed by atoms with Gasteiger partial charge in [-0.25, -0.2) is 11.5 Å². The zero-order valence-corrected chi connectivity index (χ0v) is 9.96. The molecule has 0 saturated carbocycles. The molecule has 0 amide bonds. The van der Waals surface area contributed by atoms with Crippen LogP contribution in [0.2, 0.25) is 0 Å². The van der Waals surface area contributed by atoms with Crippen molar-refractivity contribution in [3.63, 3.8) is 0 Å². The second-order valence-electron chi connectivity index (χ2n) is 2.03. The minimum atomic E-state index is 0. The summed E-state index contributed by atoms with van der Waals surface area (Å²) in [5.74, 6) is 0. The Morgan fingerprint density at radius 2 is 2.40 bits per heavy atom. The summed E-state index contributed by atoms with van der Waals surface area (Å²) < 4.78 is 1.81. The van der Waals surface area contributed by atoms with Crippen LogP contribution < -0.4 is 51.4 Å². The van der Waals surface area contributed by atoms with Crippen LogP contribution in [0.3, 0.4) is 0 Å². The summed E-state index contributed by atoms with van der Waals surface area (Å²) in [6.45, 7) is 2.11. The van der Waals surface area contributed by atoms with Crippen molar-refractivity contribution in [2.45, 2.75) is 13.3 Å². The summed E-state index contributed by atoms with van der Waals surface area (Å²) >= 11 is 0. The van der Waals surface area contributed by atoms with Crippen LogP contribution in [-0.4, -0.2) is 9.78 Å². The molecule has 0 N–H and O–H groups in total. The van der Waals surface area contributed by atoms with Gasteiger partial charge in [0, 0.05) is 7.05 Å². The first-order valence-corrected chi connectivity index (χ1v) is 3.16.